The number of hydrogen-bond acceptors (Lipinski definition) is 6. The van der Waals surface area contributed by atoms with Gasteiger partial charge in [-0.3, -0.25) is 9.69 Å². The highest BCUT2D eigenvalue weighted by molar-refractivity contribution is 7.13. The topological polar surface area (TPSA) is 78.0 Å². The summed E-state index contributed by atoms with van der Waals surface area (Å²) >= 11 is 1.58. The fourth-order valence-electron chi connectivity index (χ4n) is 3.91. The first-order valence-electron chi connectivity index (χ1n) is 10.8. The largest absolute Gasteiger partial charge is 0.333 e. The molecule has 4 aromatic rings. The van der Waals surface area contributed by atoms with E-state index in [1.807, 2.05) is 77.0 Å². The molecule has 2 aromatic carbocycles. The molecule has 7 nitrogen and oxygen atoms in total. The highest BCUT2D eigenvalue weighted by Gasteiger charge is 2.27. The molecular formula is C25H22N6OS. The zero-order valence-electron chi connectivity index (χ0n) is 18.0. The van der Waals surface area contributed by atoms with Crippen molar-refractivity contribution in [3.63, 3.8) is 0 Å². The molecule has 0 bridgehead atoms. The van der Waals surface area contributed by atoms with Crippen molar-refractivity contribution in [1.29, 1.82) is 5.26 Å². The predicted octanol–water partition coefficient (Wildman–Crippen LogP) is 3.83. The predicted molar refractivity (Wildman–Crippen MR) is 127 cm³/mol. The molecule has 3 heterocycles. The van der Waals surface area contributed by atoms with E-state index in [4.69, 9.17) is 5.26 Å². The summed E-state index contributed by atoms with van der Waals surface area (Å²) in [6, 6.07) is 23.5. The molecule has 5 rings (SSSR count). The van der Waals surface area contributed by atoms with E-state index in [0.29, 0.717) is 24.5 Å². The van der Waals surface area contributed by atoms with Gasteiger partial charge in [0.1, 0.15) is 0 Å². The van der Waals surface area contributed by atoms with Crippen LogP contribution in [0, 0.1) is 11.3 Å². The van der Waals surface area contributed by atoms with Gasteiger partial charge in [0.05, 0.1) is 22.2 Å². The lowest BCUT2D eigenvalue weighted by molar-refractivity contribution is 0.0616. The quantitative estimate of drug-likeness (QED) is 0.458. The summed E-state index contributed by atoms with van der Waals surface area (Å²) in [5.41, 5.74) is 2.70. The molecule has 1 aliphatic rings. The Kier molecular flexibility index (Phi) is 5.98. The molecule has 2 aromatic heterocycles. The van der Waals surface area contributed by atoms with Gasteiger partial charge in [-0.25, -0.2) is 9.67 Å². The molecule has 1 saturated heterocycles. The summed E-state index contributed by atoms with van der Waals surface area (Å²) in [7, 11) is 0. The van der Waals surface area contributed by atoms with Crippen molar-refractivity contribution >= 4 is 17.2 Å². The van der Waals surface area contributed by atoms with Crippen molar-refractivity contribution in [1.82, 2.24) is 24.6 Å². The third-order valence-corrected chi connectivity index (χ3v) is 6.56. The highest BCUT2D eigenvalue weighted by Crippen LogP contribution is 2.26. The zero-order chi connectivity index (χ0) is 22.6. The van der Waals surface area contributed by atoms with Gasteiger partial charge in [-0.1, -0.05) is 36.4 Å². The summed E-state index contributed by atoms with van der Waals surface area (Å²) in [5.74, 6) is 0.766. The minimum atomic E-state index is -0.138. The number of amides is 1. The molecule has 8 heteroatoms. The van der Waals surface area contributed by atoms with Crippen LogP contribution in [0.2, 0.25) is 0 Å². The molecule has 164 valence electrons. The van der Waals surface area contributed by atoms with Crippen molar-refractivity contribution in [2.75, 3.05) is 26.2 Å². The van der Waals surface area contributed by atoms with Crippen LogP contribution in [0.4, 0.5) is 0 Å². The number of thiophene rings is 1. The van der Waals surface area contributed by atoms with E-state index < -0.39 is 0 Å². The number of piperazine rings is 1. The number of carbonyl (C=O) groups excluding carboxylic acids is 1. The van der Waals surface area contributed by atoms with E-state index in [1.165, 1.54) is 0 Å². The maximum absolute atomic E-state index is 13.2. The van der Waals surface area contributed by atoms with Crippen LogP contribution in [-0.4, -0.2) is 56.7 Å². The molecule has 33 heavy (non-hydrogen) atoms. The number of nitrogens with zero attached hydrogens (tertiary/aromatic N) is 6. The van der Waals surface area contributed by atoms with Crippen molar-refractivity contribution in [3.05, 3.63) is 89.1 Å². The zero-order valence-corrected chi connectivity index (χ0v) is 18.8. The smallest absolute Gasteiger partial charge is 0.293 e. The van der Waals surface area contributed by atoms with E-state index in [9.17, 15) is 4.79 Å². The monoisotopic (exact) mass is 454 g/mol. The molecule has 1 aliphatic heterocycles. The van der Waals surface area contributed by atoms with Crippen LogP contribution < -0.4 is 0 Å². The van der Waals surface area contributed by atoms with Crippen molar-refractivity contribution < 1.29 is 4.79 Å². The van der Waals surface area contributed by atoms with Crippen molar-refractivity contribution in [3.8, 4) is 22.5 Å². The van der Waals surface area contributed by atoms with Gasteiger partial charge in [0, 0.05) is 32.7 Å². The molecule has 0 spiro atoms. The summed E-state index contributed by atoms with van der Waals surface area (Å²) < 4.78 is 1.75. The molecule has 1 fully saturated rings. The summed E-state index contributed by atoms with van der Waals surface area (Å²) in [5, 5.41) is 15.5. The second kappa shape index (κ2) is 9.36. The van der Waals surface area contributed by atoms with Crippen LogP contribution in [-0.2, 0) is 6.54 Å². The first-order valence-corrected chi connectivity index (χ1v) is 11.7. The van der Waals surface area contributed by atoms with Crippen molar-refractivity contribution in [2.24, 2.45) is 0 Å². The number of carbonyl (C=O) groups is 1. The Bertz CT molecular complexity index is 1270. The maximum atomic E-state index is 13.2. The SMILES string of the molecule is N#Cc1ccc(CN2CCN(C(=O)c3nc(-c4cccs4)n(-c4ccccc4)n3)CC2)cc1. The Labute approximate surface area is 196 Å². The fraction of sp³-hybridized carbons (Fsp3) is 0.200. The van der Waals surface area contributed by atoms with E-state index in [1.54, 1.807) is 16.0 Å². The Balaban J connectivity index is 1.29. The lowest BCUT2D eigenvalue weighted by Crippen LogP contribution is -2.48. The summed E-state index contributed by atoms with van der Waals surface area (Å²) in [4.78, 5) is 23.0. The average Bonchev–Trinajstić information content (AvgIpc) is 3.55. The molecule has 0 radical (unpaired) electrons. The first-order chi connectivity index (χ1) is 16.2. The molecule has 0 unspecified atom stereocenters. The van der Waals surface area contributed by atoms with Gasteiger partial charge in [0.25, 0.3) is 5.91 Å². The second-order valence-corrected chi connectivity index (χ2v) is 8.81. The van der Waals surface area contributed by atoms with Gasteiger partial charge in [-0.2, -0.15) is 5.26 Å². The lowest BCUT2D eigenvalue weighted by atomic mass is 10.1. The highest BCUT2D eigenvalue weighted by atomic mass is 32.1. The average molecular weight is 455 g/mol. The minimum Gasteiger partial charge on any atom is -0.333 e. The number of rotatable bonds is 5. The lowest BCUT2D eigenvalue weighted by Gasteiger charge is -2.34. The van der Waals surface area contributed by atoms with Crippen LogP contribution >= 0.6 is 11.3 Å². The van der Waals surface area contributed by atoms with Crippen LogP contribution in [0.1, 0.15) is 21.7 Å². The number of aromatic nitrogens is 3. The van der Waals surface area contributed by atoms with Gasteiger partial charge in [-0.15, -0.1) is 16.4 Å². The number of para-hydroxylation sites is 1. The second-order valence-electron chi connectivity index (χ2n) is 7.86. The Hall–Kier alpha value is -3.80. The molecule has 0 aliphatic carbocycles. The van der Waals surface area contributed by atoms with Gasteiger partial charge in [0.2, 0.25) is 5.82 Å². The molecule has 0 atom stereocenters. The third kappa shape index (κ3) is 4.55. The molecule has 1 amide bonds. The Morgan fingerprint density at radius 2 is 1.73 bits per heavy atom. The van der Waals surface area contributed by atoms with Crippen LogP contribution in [0.15, 0.2) is 72.1 Å². The molecular weight excluding hydrogens is 432 g/mol. The van der Waals surface area contributed by atoms with Crippen molar-refractivity contribution in [2.45, 2.75) is 6.54 Å². The normalized spacial score (nSPS) is 14.2. The maximum Gasteiger partial charge on any atom is 0.293 e. The fourth-order valence-corrected chi connectivity index (χ4v) is 4.61. The standard InChI is InChI=1S/C25H22N6OS/c26-17-19-8-10-20(11-9-19)18-29-12-14-30(15-13-29)25(32)23-27-24(22-7-4-16-33-22)31(28-23)21-5-2-1-3-6-21/h1-11,16H,12-15,18H2. The molecule has 0 N–H and O–H groups in total. The van der Waals surface area contributed by atoms with E-state index in [-0.39, 0.29) is 11.7 Å². The molecule has 0 saturated carbocycles. The first kappa shape index (κ1) is 21.1. The van der Waals surface area contributed by atoms with Crippen LogP contribution in [0.5, 0.6) is 0 Å². The van der Waals surface area contributed by atoms with E-state index >= 15 is 0 Å². The van der Waals surface area contributed by atoms with Crippen LogP contribution in [0.25, 0.3) is 16.4 Å². The minimum absolute atomic E-state index is 0.138. The van der Waals surface area contributed by atoms with E-state index in [2.05, 4.69) is 21.1 Å². The van der Waals surface area contributed by atoms with Gasteiger partial charge in [0.15, 0.2) is 5.82 Å². The van der Waals surface area contributed by atoms with Gasteiger partial charge >= 0.3 is 0 Å². The Morgan fingerprint density at radius 1 is 0.970 bits per heavy atom. The van der Waals surface area contributed by atoms with E-state index in [0.717, 1.165) is 35.8 Å². The van der Waals surface area contributed by atoms with Gasteiger partial charge in [-0.05, 0) is 41.3 Å². The van der Waals surface area contributed by atoms with Crippen LogP contribution in [0.3, 0.4) is 0 Å². The summed E-state index contributed by atoms with van der Waals surface area (Å²) in [6.45, 7) is 3.62. The number of hydrogen-bond donors (Lipinski definition) is 0. The number of benzene rings is 2. The Morgan fingerprint density at radius 3 is 2.39 bits per heavy atom. The summed E-state index contributed by atoms with van der Waals surface area (Å²) in [6.07, 6.45) is 0. The third-order valence-electron chi connectivity index (χ3n) is 5.69. The van der Waals surface area contributed by atoms with Gasteiger partial charge < -0.3 is 4.90 Å². The number of nitriles is 1.